The van der Waals surface area contributed by atoms with Crippen LogP contribution in [-0.4, -0.2) is 4.57 Å². The molecule has 1 aliphatic rings. The van der Waals surface area contributed by atoms with Gasteiger partial charge in [-0.25, -0.2) is 0 Å². The van der Waals surface area contributed by atoms with Gasteiger partial charge in [0.1, 0.15) is 0 Å². The van der Waals surface area contributed by atoms with Crippen LogP contribution in [0.4, 0.5) is 0 Å². The first kappa shape index (κ1) is 21.6. The lowest BCUT2D eigenvalue weighted by Crippen LogP contribution is -2.21. The fraction of sp³-hybridized carbons (Fsp3) is 0.0909. The van der Waals surface area contributed by atoms with Crippen LogP contribution in [0.5, 0.6) is 0 Å². The summed E-state index contributed by atoms with van der Waals surface area (Å²) in [6, 6.07) is 34.2. The van der Waals surface area contributed by atoms with Gasteiger partial charge >= 0.3 is 0 Å². The second-order valence-corrected chi connectivity index (χ2v) is 10.7. The average Bonchev–Trinajstić information content (AvgIpc) is 3.47. The average molecular weight is 492 g/mol. The van der Waals surface area contributed by atoms with E-state index in [2.05, 4.69) is 96.4 Å². The van der Waals surface area contributed by atoms with Gasteiger partial charge in [-0.15, -0.1) is 11.3 Å². The second-order valence-electron chi connectivity index (χ2n) is 9.64. The Balaban J connectivity index is 1.53. The molecule has 0 saturated heterocycles. The second kappa shape index (κ2) is 8.20. The van der Waals surface area contributed by atoms with Gasteiger partial charge in [-0.2, -0.15) is 10.5 Å². The van der Waals surface area contributed by atoms with Crippen LogP contribution < -0.4 is 0 Å². The van der Waals surface area contributed by atoms with Gasteiger partial charge in [0.05, 0.1) is 29.3 Å². The van der Waals surface area contributed by atoms with E-state index in [1.54, 1.807) is 11.3 Å². The molecule has 6 aromatic rings. The van der Waals surface area contributed by atoms with Crippen molar-refractivity contribution < 1.29 is 0 Å². The summed E-state index contributed by atoms with van der Waals surface area (Å²) in [7, 11) is 0. The highest BCUT2D eigenvalue weighted by molar-refractivity contribution is 7.25. The molecule has 2 heterocycles. The molecule has 3 nitrogen and oxygen atoms in total. The molecule has 0 amide bonds. The van der Waals surface area contributed by atoms with Crippen molar-refractivity contribution >= 4 is 58.9 Å². The minimum Gasteiger partial charge on any atom is -0.332 e. The van der Waals surface area contributed by atoms with Crippen molar-refractivity contribution in [3.05, 3.63) is 114 Å². The van der Waals surface area contributed by atoms with E-state index in [1.807, 2.05) is 24.3 Å². The normalized spacial score (nSPS) is 17.6. The van der Waals surface area contributed by atoms with Gasteiger partial charge in [0, 0.05) is 47.6 Å². The monoisotopic (exact) mass is 491 g/mol. The lowest BCUT2D eigenvalue weighted by Gasteiger charge is -2.32. The zero-order chi connectivity index (χ0) is 25.1. The van der Waals surface area contributed by atoms with E-state index in [0.717, 1.165) is 26.6 Å². The van der Waals surface area contributed by atoms with Crippen LogP contribution in [0.15, 0.2) is 103 Å². The van der Waals surface area contributed by atoms with E-state index in [1.165, 1.54) is 26.5 Å². The van der Waals surface area contributed by atoms with Crippen molar-refractivity contribution in [1.82, 2.24) is 4.57 Å². The highest BCUT2D eigenvalue weighted by atomic mass is 32.1. The van der Waals surface area contributed by atoms with Gasteiger partial charge < -0.3 is 4.57 Å². The first-order valence-electron chi connectivity index (χ1n) is 12.3. The van der Waals surface area contributed by atoms with E-state index in [-0.39, 0.29) is 12.0 Å². The van der Waals surface area contributed by atoms with Crippen LogP contribution in [0.3, 0.4) is 0 Å². The Morgan fingerprint density at radius 2 is 1.38 bits per heavy atom. The lowest BCUT2D eigenvalue weighted by atomic mass is 9.81. The standard InChI is InChI=1S/C33H21N3S/c1-20-10-12-23(19-35)32(22-13-15-31-27(17-22)26-16-21(18-34)11-14-30(26)37-31)33(20)36-28-8-4-2-6-24(28)25-7-3-5-9-29(25)36/h2-17,20,33H,1H3. The summed E-state index contributed by atoms with van der Waals surface area (Å²) in [5, 5.41) is 24.4. The lowest BCUT2D eigenvalue weighted by molar-refractivity contribution is 0.523. The molecule has 2 atom stereocenters. The summed E-state index contributed by atoms with van der Waals surface area (Å²) in [5.74, 6) is 0.186. The van der Waals surface area contributed by atoms with Crippen molar-refractivity contribution in [1.29, 1.82) is 10.5 Å². The number of allylic oxidation sites excluding steroid dienone is 4. The number of aromatic nitrogens is 1. The molecule has 0 fully saturated rings. The quantitative estimate of drug-likeness (QED) is 0.243. The number of benzene rings is 4. The Morgan fingerprint density at radius 1 is 0.730 bits per heavy atom. The molecule has 2 unspecified atom stereocenters. The Bertz CT molecular complexity index is 1980. The third-order valence-electron chi connectivity index (χ3n) is 7.58. The zero-order valence-electron chi connectivity index (χ0n) is 20.1. The summed E-state index contributed by atoms with van der Waals surface area (Å²) < 4.78 is 4.77. The maximum absolute atomic E-state index is 10.3. The first-order chi connectivity index (χ1) is 18.2. The van der Waals surface area contributed by atoms with Crippen molar-refractivity contribution in [3.63, 3.8) is 0 Å². The van der Waals surface area contributed by atoms with Gasteiger partial charge in [0.2, 0.25) is 0 Å². The molecule has 1 aliphatic carbocycles. The van der Waals surface area contributed by atoms with Gasteiger partial charge in [-0.05, 0) is 60.0 Å². The number of nitriles is 2. The molecule has 0 spiro atoms. The molecule has 0 N–H and O–H groups in total. The van der Waals surface area contributed by atoms with Crippen molar-refractivity contribution in [2.75, 3.05) is 0 Å². The van der Waals surface area contributed by atoms with Crippen LogP contribution in [0, 0.1) is 28.6 Å². The maximum Gasteiger partial charge on any atom is 0.0995 e. The number of hydrogen-bond donors (Lipinski definition) is 0. The smallest absolute Gasteiger partial charge is 0.0995 e. The Morgan fingerprint density at radius 3 is 2.05 bits per heavy atom. The molecule has 174 valence electrons. The Labute approximate surface area is 218 Å². The summed E-state index contributed by atoms with van der Waals surface area (Å²) in [5.41, 5.74) is 5.79. The van der Waals surface area contributed by atoms with Crippen molar-refractivity contribution in [2.24, 2.45) is 5.92 Å². The number of thiophene rings is 1. The highest BCUT2D eigenvalue weighted by Crippen LogP contribution is 2.46. The minimum atomic E-state index is -0.0403. The largest absolute Gasteiger partial charge is 0.332 e. The number of hydrogen-bond acceptors (Lipinski definition) is 3. The van der Waals surface area contributed by atoms with E-state index >= 15 is 0 Å². The van der Waals surface area contributed by atoms with Crippen LogP contribution in [0.25, 0.3) is 47.6 Å². The molecule has 0 radical (unpaired) electrons. The number of para-hydroxylation sites is 2. The molecule has 37 heavy (non-hydrogen) atoms. The minimum absolute atomic E-state index is 0.0403. The molecule has 0 bridgehead atoms. The van der Waals surface area contributed by atoms with Gasteiger partial charge in [0.25, 0.3) is 0 Å². The first-order valence-corrected chi connectivity index (χ1v) is 13.2. The molecule has 0 aliphatic heterocycles. The zero-order valence-corrected chi connectivity index (χ0v) is 21.0. The fourth-order valence-electron chi connectivity index (χ4n) is 5.92. The molecular weight excluding hydrogens is 470 g/mol. The summed E-state index contributed by atoms with van der Waals surface area (Å²) in [4.78, 5) is 0. The Hall–Kier alpha value is -4.64. The predicted molar refractivity (Wildman–Crippen MR) is 153 cm³/mol. The Kier molecular flexibility index (Phi) is 4.80. The molecule has 2 aromatic heterocycles. The fourth-order valence-corrected chi connectivity index (χ4v) is 6.99. The summed E-state index contributed by atoms with van der Waals surface area (Å²) in [6.07, 6.45) is 4.14. The summed E-state index contributed by atoms with van der Waals surface area (Å²) >= 11 is 1.74. The predicted octanol–water partition coefficient (Wildman–Crippen LogP) is 8.76. The molecular formula is C33H21N3S. The maximum atomic E-state index is 10.3. The van der Waals surface area contributed by atoms with Crippen LogP contribution in [0.1, 0.15) is 24.1 Å². The SMILES string of the molecule is CC1C=CC(C#N)=C(c2ccc3sc4ccc(C#N)cc4c3c2)C1n1c2ccccc2c2ccccc21. The molecule has 7 rings (SSSR count). The van der Waals surface area contributed by atoms with Crippen molar-refractivity contribution in [2.45, 2.75) is 13.0 Å². The van der Waals surface area contributed by atoms with Crippen molar-refractivity contribution in [3.8, 4) is 12.1 Å². The van der Waals surface area contributed by atoms with E-state index in [0.29, 0.717) is 11.1 Å². The molecule has 0 saturated carbocycles. The number of rotatable bonds is 2. The third kappa shape index (κ3) is 3.17. The van der Waals surface area contributed by atoms with Gasteiger partial charge in [-0.1, -0.05) is 55.5 Å². The topological polar surface area (TPSA) is 52.5 Å². The van der Waals surface area contributed by atoms with Crippen LogP contribution in [0.2, 0.25) is 0 Å². The van der Waals surface area contributed by atoms with E-state index in [4.69, 9.17) is 0 Å². The van der Waals surface area contributed by atoms with E-state index in [9.17, 15) is 10.5 Å². The number of fused-ring (bicyclic) bond motifs is 6. The highest BCUT2D eigenvalue weighted by Gasteiger charge is 2.31. The third-order valence-corrected chi connectivity index (χ3v) is 8.73. The molecule has 4 aromatic carbocycles. The van der Waals surface area contributed by atoms with Gasteiger partial charge in [-0.3, -0.25) is 0 Å². The molecule has 4 heteroatoms. The van der Waals surface area contributed by atoms with Gasteiger partial charge in [0.15, 0.2) is 0 Å². The number of nitrogens with zero attached hydrogens (tertiary/aromatic N) is 3. The summed E-state index contributed by atoms with van der Waals surface area (Å²) in [6.45, 7) is 2.23. The van der Waals surface area contributed by atoms with Crippen LogP contribution in [-0.2, 0) is 0 Å². The van der Waals surface area contributed by atoms with Crippen LogP contribution >= 0.6 is 11.3 Å². The van der Waals surface area contributed by atoms with E-state index < -0.39 is 0 Å².